The van der Waals surface area contributed by atoms with Crippen LogP contribution in [0.15, 0.2) is 29.3 Å². The molecule has 0 unspecified atom stereocenters. The zero-order chi connectivity index (χ0) is 19.6. The summed E-state index contributed by atoms with van der Waals surface area (Å²) in [4.78, 5) is 18.5. The van der Waals surface area contributed by atoms with Gasteiger partial charge < -0.3 is 19.7 Å². The molecule has 0 radical (unpaired) electrons. The number of aliphatic imine (C=N–C) groups is 1. The Balaban J connectivity index is 1.84. The lowest BCUT2D eigenvalue weighted by atomic mass is 9.97. The number of carbonyl (C=O) groups excluding carboxylic acids is 1. The summed E-state index contributed by atoms with van der Waals surface area (Å²) in [5.41, 5.74) is 1.15. The van der Waals surface area contributed by atoms with Crippen LogP contribution in [0.3, 0.4) is 0 Å². The van der Waals surface area contributed by atoms with Gasteiger partial charge in [-0.15, -0.1) is 0 Å². The highest BCUT2D eigenvalue weighted by Crippen LogP contribution is 2.19. The molecule has 1 aliphatic rings. The maximum Gasteiger partial charge on any atom is 0.309 e. The fourth-order valence-electron chi connectivity index (χ4n) is 3.11. The number of nitrogens with zero attached hydrogens (tertiary/aromatic N) is 2. The summed E-state index contributed by atoms with van der Waals surface area (Å²) in [6.07, 6.45) is 1.61. The fraction of sp³-hybridized carbons (Fsp3) is 0.619. The molecule has 27 heavy (non-hydrogen) atoms. The third-order valence-corrected chi connectivity index (χ3v) is 4.56. The molecule has 2 rings (SSSR count). The topological polar surface area (TPSA) is 63.2 Å². The third-order valence-electron chi connectivity index (χ3n) is 4.56. The van der Waals surface area contributed by atoms with Crippen LogP contribution in [0.2, 0.25) is 0 Å². The number of piperidine rings is 1. The van der Waals surface area contributed by atoms with Crippen molar-refractivity contribution in [3.8, 4) is 5.75 Å². The number of nitrogens with one attached hydrogen (secondary N) is 1. The predicted molar refractivity (Wildman–Crippen MR) is 108 cm³/mol. The minimum Gasteiger partial charge on any atom is -0.493 e. The lowest BCUT2D eigenvalue weighted by molar-refractivity contribution is -0.149. The van der Waals surface area contributed by atoms with Crippen molar-refractivity contribution in [2.45, 2.75) is 40.2 Å². The molecule has 0 aromatic heterocycles. The molecule has 6 heteroatoms. The van der Waals surface area contributed by atoms with Gasteiger partial charge >= 0.3 is 5.97 Å². The standard InChI is InChI=1S/C21H33N3O3/c1-5-26-20(25)18-9-11-24(12-10-18)21(22-4)23-14-17-7-6-8-19(13-17)27-15-16(2)3/h6-8,13,16,18H,5,9-12,14-15H2,1-4H3,(H,22,23). The van der Waals surface area contributed by atoms with E-state index in [9.17, 15) is 4.79 Å². The van der Waals surface area contributed by atoms with Gasteiger partial charge in [0.1, 0.15) is 5.75 Å². The second-order valence-electron chi connectivity index (χ2n) is 7.27. The summed E-state index contributed by atoms with van der Waals surface area (Å²) in [5.74, 6) is 2.20. The zero-order valence-corrected chi connectivity index (χ0v) is 17.0. The van der Waals surface area contributed by atoms with Gasteiger partial charge in [-0.3, -0.25) is 9.79 Å². The first-order valence-electron chi connectivity index (χ1n) is 9.87. The largest absolute Gasteiger partial charge is 0.493 e. The Labute approximate surface area is 162 Å². The number of carbonyl (C=O) groups is 1. The van der Waals surface area contributed by atoms with E-state index in [-0.39, 0.29) is 11.9 Å². The van der Waals surface area contributed by atoms with Crippen molar-refractivity contribution in [1.29, 1.82) is 0 Å². The average molecular weight is 376 g/mol. The molecule has 0 spiro atoms. The summed E-state index contributed by atoms with van der Waals surface area (Å²) in [7, 11) is 1.79. The molecule has 1 aromatic rings. The Hall–Kier alpha value is -2.24. The summed E-state index contributed by atoms with van der Waals surface area (Å²) >= 11 is 0. The third kappa shape index (κ3) is 6.77. The highest BCUT2D eigenvalue weighted by molar-refractivity contribution is 5.80. The van der Waals surface area contributed by atoms with Crippen molar-refractivity contribution in [1.82, 2.24) is 10.2 Å². The molecule has 1 aromatic carbocycles. The smallest absolute Gasteiger partial charge is 0.309 e. The molecule has 1 N–H and O–H groups in total. The van der Waals surface area contributed by atoms with Gasteiger partial charge in [-0.1, -0.05) is 26.0 Å². The molecular weight excluding hydrogens is 342 g/mol. The molecule has 1 saturated heterocycles. The fourth-order valence-corrected chi connectivity index (χ4v) is 3.11. The number of hydrogen-bond acceptors (Lipinski definition) is 4. The van der Waals surface area contributed by atoms with Crippen molar-refractivity contribution in [3.05, 3.63) is 29.8 Å². The van der Waals surface area contributed by atoms with Crippen LogP contribution >= 0.6 is 0 Å². The van der Waals surface area contributed by atoms with Gasteiger partial charge in [0.05, 0.1) is 19.1 Å². The normalized spacial score (nSPS) is 15.7. The molecule has 1 heterocycles. The van der Waals surface area contributed by atoms with Crippen molar-refractivity contribution in [2.24, 2.45) is 16.8 Å². The Morgan fingerprint density at radius 3 is 2.70 bits per heavy atom. The van der Waals surface area contributed by atoms with Crippen LogP contribution in [0.1, 0.15) is 39.2 Å². The van der Waals surface area contributed by atoms with Gasteiger partial charge in [-0.05, 0) is 43.4 Å². The van der Waals surface area contributed by atoms with Crippen molar-refractivity contribution in [2.75, 3.05) is 33.4 Å². The minimum atomic E-state index is -0.0710. The molecule has 0 atom stereocenters. The number of hydrogen-bond donors (Lipinski definition) is 1. The van der Waals surface area contributed by atoms with Gasteiger partial charge in [0.15, 0.2) is 5.96 Å². The highest BCUT2D eigenvalue weighted by Gasteiger charge is 2.27. The molecule has 150 valence electrons. The van der Waals surface area contributed by atoms with Gasteiger partial charge in [-0.2, -0.15) is 0 Å². The Morgan fingerprint density at radius 1 is 1.33 bits per heavy atom. The molecule has 0 aliphatic carbocycles. The van der Waals surface area contributed by atoms with E-state index < -0.39 is 0 Å². The van der Waals surface area contributed by atoms with E-state index in [1.807, 2.05) is 19.1 Å². The minimum absolute atomic E-state index is 0.00842. The summed E-state index contributed by atoms with van der Waals surface area (Å²) in [5, 5.41) is 3.42. The van der Waals surface area contributed by atoms with Crippen LogP contribution in [0.4, 0.5) is 0 Å². The van der Waals surface area contributed by atoms with Crippen LogP contribution in [0.5, 0.6) is 5.75 Å². The van der Waals surface area contributed by atoms with E-state index in [1.165, 1.54) is 0 Å². The molecule has 0 bridgehead atoms. The van der Waals surface area contributed by atoms with Crippen LogP contribution in [-0.4, -0.2) is 50.2 Å². The van der Waals surface area contributed by atoms with Gasteiger partial charge in [-0.25, -0.2) is 0 Å². The lowest BCUT2D eigenvalue weighted by Gasteiger charge is -2.33. The van der Waals surface area contributed by atoms with Crippen molar-refractivity contribution in [3.63, 3.8) is 0 Å². The van der Waals surface area contributed by atoms with Crippen LogP contribution < -0.4 is 10.1 Å². The molecule has 6 nitrogen and oxygen atoms in total. The second-order valence-corrected chi connectivity index (χ2v) is 7.27. The van der Waals surface area contributed by atoms with E-state index in [0.717, 1.165) is 43.2 Å². The Morgan fingerprint density at radius 2 is 2.07 bits per heavy atom. The number of rotatable bonds is 7. The van der Waals surface area contributed by atoms with Crippen LogP contribution in [0.25, 0.3) is 0 Å². The zero-order valence-electron chi connectivity index (χ0n) is 17.0. The van der Waals surface area contributed by atoms with Crippen LogP contribution in [-0.2, 0) is 16.1 Å². The SMILES string of the molecule is CCOC(=O)C1CCN(C(=NC)NCc2cccc(OCC(C)C)c2)CC1. The van der Waals surface area contributed by atoms with E-state index >= 15 is 0 Å². The number of ether oxygens (including phenoxy) is 2. The first-order valence-corrected chi connectivity index (χ1v) is 9.87. The van der Waals surface area contributed by atoms with Crippen LogP contribution in [0, 0.1) is 11.8 Å². The monoisotopic (exact) mass is 375 g/mol. The number of likely N-dealkylation sites (tertiary alicyclic amines) is 1. The maximum absolute atomic E-state index is 11.9. The number of guanidine groups is 1. The Bertz CT molecular complexity index is 623. The molecule has 0 saturated carbocycles. The lowest BCUT2D eigenvalue weighted by Crippen LogP contribution is -2.46. The highest BCUT2D eigenvalue weighted by atomic mass is 16.5. The van der Waals surface area contributed by atoms with Crippen molar-refractivity contribution < 1.29 is 14.3 Å². The molecule has 1 aliphatic heterocycles. The predicted octanol–water partition coefficient (Wildman–Crippen LogP) is 3.07. The first kappa shape index (κ1) is 21.1. The first-order chi connectivity index (χ1) is 13.0. The molecular formula is C21H33N3O3. The average Bonchev–Trinajstić information content (AvgIpc) is 2.68. The summed E-state index contributed by atoms with van der Waals surface area (Å²) < 4.78 is 10.9. The van der Waals surface area contributed by atoms with Gasteiger partial charge in [0.25, 0.3) is 0 Å². The summed E-state index contributed by atoms with van der Waals surface area (Å²) in [6.45, 7) is 9.59. The quantitative estimate of drug-likeness (QED) is 0.451. The maximum atomic E-state index is 11.9. The second kappa shape index (κ2) is 10.8. The molecule has 0 amide bonds. The van der Waals surface area contributed by atoms with Gasteiger partial charge in [0.2, 0.25) is 0 Å². The van der Waals surface area contributed by atoms with Crippen molar-refractivity contribution >= 4 is 11.9 Å². The van der Waals surface area contributed by atoms with E-state index in [0.29, 0.717) is 25.7 Å². The van der Waals surface area contributed by atoms with E-state index in [1.54, 1.807) is 7.05 Å². The van der Waals surface area contributed by atoms with E-state index in [4.69, 9.17) is 9.47 Å². The number of esters is 1. The summed E-state index contributed by atoms with van der Waals surface area (Å²) in [6, 6.07) is 8.15. The molecule has 1 fully saturated rings. The number of benzene rings is 1. The van der Waals surface area contributed by atoms with E-state index in [2.05, 4.69) is 41.2 Å². The Kier molecular flexibility index (Phi) is 8.43. The van der Waals surface area contributed by atoms with Gasteiger partial charge in [0, 0.05) is 26.7 Å².